The first kappa shape index (κ1) is 22.9. The molecule has 0 aromatic carbocycles. The van der Waals surface area contributed by atoms with Crippen LogP contribution in [0.5, 0.6) is 0 Å². The van der Waals surface area contributed by atoms with Gasteiger partial charge in [-0.25, -0.2) is 0 Å². The van der Waals surface area contributed by atoms with Crippen molar-refractivity contribution >= 4 is 0 Å². The van der Waals surface area contributed by atoms with Crippen LogP contribution < -0.4 is 0 Å². The minimum absolute atomic E-state index is 0.918. The number of hydrogen-bond donors (Lipinski definition) is 0. The molecule has 0 bridgehead atoms. The van der Waals surface area contributed by atoms with Gasteiger partial charge in [-0.1, -0.05) is 86.6 Å². The minimum atomic E-state index is 0.918. The average Bonchev–Trinajstić information content (AvgIpc) is 2.44. The van der Waals surface area contributed by atoms with Gasteiger partial charge in [0.2, 0.25) is 0 Å². The maximum atomic E-state index is 4.00. The van der Waals surface area contributed by atoms with Gasteiger partial charge in [0.1, 0.15) is 0 Å². The lowest BCUT2D eigenvalue weighted by molar-refractivity contribution is 1.33. The molecule has 0 amide bonds. The van der Waals surface area contributed by atoms with Gasteiger partial charge in [-0.15, -0.1) is 0 Å². The predicted octanol–water partition coefficient (Wildman–Crippen LogP) is 7.45. The van der Waals surface area contributed by atoms with E-state index in [1.807, 2.05) is 58.9 Å². The van der Waals surface area contributed by atoms with E-state index >= 15 is 0 Å². The zero-order valence-electron chi connectivity index (χ0n) is 15.6. The predicted molar refractivity (Wildman–Crippen MR) is 110 cm³/mol. The lowest BCUT2D eigenvalue weighted by Crippen LogP contribution is -1.85. The van der Waals surface area contributed by atoms with E-state index in [1.165, 1.54) is 0 Å². The van der Waals surface area contributed by atoms with Gasteiger partial charge in [-0.2, -0.15) is 0 Å². The molecule has 0 aromatic rings. The lowest BCUT2D eigenvalue weighted by Gasteiger charge is -2.05. The molecule has 0 aromatic heterocycles. The molecule has 0 aliphatic rings. The fourth-order valence-corrected chi connectivity index (χ4v) is 1.19. The van der Waals surface area contributed by atoms with Crippen LogP contribution in [0.1, 0.15) is 34.6 Å². The molecule has 23 heavy (non-hydrogen) atoms. The van der Waals surface area contributed by atoms with Gasteiger partial charge in [0.15, 0.2) is 0 Å². The fourth-order valence-electron chi connectivity index (χ4n) is 1.19. The number of hydrogen-bond acceptors (Lipinski definition) is 0. The van der Waals surface area contributed by atoms with Crippen molar-refractivity contribution in [1.82, 2.24) is 0 Å². The van der Waals surface area contributed by atoms with Crippen molar-refractivity contribution in [3.8, 4) is 0 Å². The van der Waals surface area contributed by atoms with Crippen LogP contribution in [0.15, 0.2) is 109 Å². The Balaban J connectivity index is 0. The van der Waals surface area contributed by atoms with Crippen LogP contribution in [-0.2, 0) is 0 Å². The summed E-state index contributed by atoms with van der Waals surface area (Å²) in [5.74, 6) is 0. The molecule has 0 aliphatic heterocycles. The van der Waals surface area contributed by atoms with Crippen molar-refractivity contribution in [1.29, 1.82) is 0 Å². The van der Waals surface area contributed by atoms with Crippen molar-refractivity contribution in [2.45, 2.75) is 34.6 Å². The van der Waals surface area contributed by atoms with Crippen molar-refractivity contribution < 1.29 is 0 Å². The molecule has 0 fully saturated rings. The molecule has 0 heterocycles. The molecule has 0 N–H and O–H groups in total. The number of rotatable bonds is 7. The van der Waals surface area contributed by atoms with E-state index < -0.39 is 0 Å². The van der Waals surface area contributed by atoms with Crippen LogP contribution in [0.4, 0.5) is 0 Å². The van der Waals surface area contributed by atoms with E-state index in [0.29, 0.717) is 0 Å². The second-order valence-electron chi connectivity index (χ2n) is 5.71. The Hall–Kier alpha value is -2.34. The number of allylic oxidation sites excluding steroid dienone is 12. The summed E-state index contributed by atoms with van der Waals surface area (Å²) in [4.78, 5) is 0. The first-order chi connectivity index (χ1) is 10.5. The third-order valence-electron chi connectivity index (χ3n) is 3.06. The largest absolute Gasteiger partial charge is 0.0991 e. The van der Waals surface area contributed by atoms with E-state index in [2.05, 4.69) is 39.5 Å². The highest BCUT2D eigenvalue weighted by molar-refractivity contribution is 5.49. The first-order valence-electron chi connectivity index (χ1n) is 7.54. The van der Waals surface area contributed by atoms with Gasteiger partial charge < -0.3 is 0 Å². The third-order valence-corrected chi connectivity index (χ3v) is 3.06. The highest BCUT2D eigenvalue weighted by Gasteiger charge is 1.98. The Kier molecular flexibility index (Phi) is 12.2. The summed E-state index contributed by atoms with van der Waals surface area (Å²) in [7, 11) is 0. The van der Waals surface area contributed by atoms with Crippen molar-refractivity contribution in [3.63, 3.8) is 0 Å². The lowest BCUT2D eigenvalue weighted by atomic mass is 10.0. The SMILES string of the molecule is C=C(/C=C(/C)C(=C)C)C(=C)/C=C(/C)C(=C)C.C=C/C=C\C(=C)C. The monoisotopic (exact) mass is 308 g/mol. The van der Waals surface area contributed by atoms with Crippen LogP contribution >= 0.6 is 0 Å². The molecule has 0 heteroatoms. The van der Waals surface area contributed by atoms with Crippen LogP contribution in [0.25, 0.3) is 0 Å². The van der Waals surface area contributed by atoms with Gasteiger partial charge in [0, 0.05) is 0 Å². The third kappa shape index (κ3) is 13.1. The van der Waals surface area contributed by atoms with E-state index in [4.69, 9.17) is 0 Å². The molecule has 0 saturated carbocycles. The average molecular weight is 309 g/mol. The summed E-state index contributed by atoms with van der Waals surface area (Å²) in [6.07, 6.45) is 9.52. The van der Waals surface area contributed by atoms with Crippen LogP contribution in [0.3, 0.4) is 0 Å². The Bertz CT molecular complexity index is 544. The molecule has 0 unspecified atom stereocenters. The van der Waals surface area contributed by atoms with Crippen molar-refractivity contribution in [2.75, 3.05) is 0 Å². The highest BCUT2D eigenvalue weighted by atomic mass is 14.0. The van der Waals surface area contributed by atoms with Crippen LogP contribution in [-0.4, -0.2) is 0 Å². The Morgan fingerprint density at radius 3 is 1.17 bits per heavy atom. The van der Waals surface area contributed by atoms with Crippen molar-refractivity contribution in [2.24, 2.45) is 0 Å². The minimum Gasteiger partial charge on any atom is -0.0991 e. The summed E-state index contributed by atoms with van der Waals surface area (Å²) >= 11 is 0. The van der Waals surface area contributed by atoms with E-state index in [0.717, 1.165) is 39.0 Å². The van der Waals surface area contributed by atoms with Gasteiger partial charge in [-0.3, -0.25) is 0 Å². The topological polar surface area (TPSA) is 0 Å². The zero-order valence-corrected chi connectivity index (χ0v) is 15.6. The summed E-state index contributed by atoms with van der Waals surface area (Å²) in [5.41, 5.74) is 7.26. The Labute approximate surface area is 144 Å². The Morgan fingerprint density at radius 2 is 1.00 bits per heavy atom. The standard InChI is InChI=1S/C16H22.C7H10/c1-11(2)13(5)9-15(7)16(8)10-14(6)12(3)4;1-4-5-6-7(2)3/h9-10H,1,3,7-8H2,2,4-6H3;4-6H,1-2H2,3H3/b13-9-,14-10-;6-5-. The fraction of sp³-hybridized carbons (Fsp3) is 0.217. The quantitative estimate of drug-likeness (QED) is 0.428. The van der Waals surface area contributed by atoms with Crippen molar-refractivity contribution in [3.05, 3.63) is 109 Å². The zero-order chi connectivity index (χ0) is 18.6. The molecular weight excluding hydrogens is 276 g/mol. The summed E-state index contributed by atoms with van der Waals surface area (Å²) in [5, 5.41) is 0. The molecule has 0 radical (unpaired) electrons. The maximum Gasteiger partial charge on any atom is -0.0259 e. The molecule has 124 valence electrons. The van der Waals surface area contributed by atoms with E-state index in [1.54, 1.807) is 6.08 Å². The van der Waals surface area contributed by atoms with Crippen LogP contribution in [0, 0.1) is 0 Å². The molecule has 0 spiro atoms. The maximum absolute atomic E-state index is 4.00. The molecule has 0 rings (SSSR count). The highest BCUT2D eigenvalue weighted by Crippen LogP contribution is 2.17. The molecule has 0 saturated heterocycles. The van der Waals surface area contributed by atoms with E-state index in [-0.39, 0.29) is 0 Å². The Morgan fingerprint density at radius 1 is 0.652 bits per heavy atom. The molecule has 0 nitrogen and oxygen atoms in total. The normalized spacial score (nSPS) is 11.3. The summed E-state index contributed by atoms with van der Waals surface area (Å²) in [6, 6.07) is 0. The van der Waals surface area contributed by atoms with Gasteiger partial charge in [-0.05, 0) is 56.9 Å². The second kappa shape index (κ2) is 12.2. The summed E-state index contributed by atoms with van der Waals surface area (Å²) in [6.45, 7) is 32.9. The first-order valence-corrected chi connectivity index (χ1v) is 7.54. The molecule has 0 aliphatic carbocycles. The molecular formula is C23H32. The molecule has 0 atom stereocenters. The van der Waals surface area contributed by atoms with E-state index in [9.17, 15) is 0 Å². The smallest absolute Gasteiger partial charge is 0.0259 e. The van der Waals surface area contributed by atoms with Gasteiger partial charge in [0.25, 0.3) is 0 Å². The second-order valence-corrected chi connectivity index (χ2v) is 5.71. The van der Waals surface area contributed by atoms with Gasteiger partial charge >= 0.3 is 0 Å². The van der Waals surface area contributed by atoms with Gasteiger partial charge in [0.05, 0.1) is 0 Å². The summed E-state index contributed by atoms with van der Waals surface area (Å²) < 4.78 is 0. The van der Waals surface area contributed by atoms with Crippen LogP contribution in [0.2, 0.25) is 0 Å².